The van der Waals surface area contributed by atoms with Gasteiger partial charge in [0.25, 0.3) is 0 Å². The molecule has 28 heteroatoms. The zero-order chi connectivity index (χ0) is 84.6. The number of urea groups is 3. The monoisotopic (exact) mass is 1650 g/mol. The van der Waals surface area contributed by atoms with Crippen LogP contribution in [0, 0.1) is 38.2 Å². The summed E-state index contributed by atoms with van der Waals surface area (Å²) in [6, 6.07) is 43.2. The number of rotatable bonds is 15. The minimum absolute atomic E-state index is 0.00203. The largest absolute Gasteiger partial charge is 0.487 e. The fraction of sp³-hybridized carbons (Fsp3) is 0.356. The van der Waals surface area contributed by atoms with Crippen molar-refractivity contribution in [1.29, 1.82) is 0 Å². The minimum atomic E-state index is -4.51. The summed E-state index contributed by atoms with van der Waals surface area (Å²) in [5.74, 6) is -0.826. The average Bonchev–Trinajstić information content (AvgIpc) is 0.860. The lowest BCUT2D eigenvalue weighted by molar-refractivity contribution is -0.138. The number of aryl methyl sites for hydroxylation is 5. The van der Waals surface area contributed by atoms with Gasteiger partial charge in [0.15, 0.2) is 15.4 Å². The van der Waals surface area contributed by atoms with Gasteiger partial charge in [-0.05, 0) is 187 Å². The Morgan fingerprint density at radius 3 is 1.83 bits per heavy atom. The number of hydrogen-bond donors (Lipinski definition) is 8. The van der Waals surface area contributed by atoms with Gasteiger partial charge in [-0.1, -0.05) is 91.0 Å². The van der Waals surface area contributed by atoms with Crippen LogP contribution in [0.15, 0.2) is 176 Å². The van der Waals surface area contributed by atoms with Crippen LogP contribution in [0.4, 0.5) is 66.6 Å². The molecule has 2 aromatic heterocycles. The van der Waals surface area contributed by atoms with Crippen LogP contribution in [0.25, 0.3) is 21.5 Å². The third kappa shape index (κ3) is 22.1. The maximum atomic E-state index is 14.3. The third-order valence-corrected chi connectivity index (χ3v) is 22.2. The molecule has 8 N–H and O–H groups in total. The molecule has 6 atom stereocenters. The smallest absolute Gasteiger partial charge is 0.416 e. The van der Waals surface area contributed by atoms with Gasteiger partial charge in [0, 0.05) is 124 Å². The molecule has 1 fully saturated rings. The number of halogens is 8. The van der Waals surface area contributed by atoms with E-state index in [2.05, 4.69) is 59.3 Å². The third-order valence-electron chi connectivity index (χ3n) is 21.4. The first-order valence-corrected chi connectivity index (χ1v) is 41.0. The lowest BCUT2D eigenvalue weighted by Crippen LogP contribution is -2.49. The molecule has 118 heavy (non-hydrogen) atoms. The molecule has 0 spiro atoms. The number of ether oxygens (including phenoxy) is 3. The van der Waals surface area contributed by atoms with Crippen LogP contribution in [-0.4, -0.2) is 96.0 Å². The molecular weight excluding hydrogens is 1550 g/mol. The Morgan fingerprint density at radius 2 is 1.17 bits per heavy atom. The summed E-state index contributed by atoms with van der Waals surface area (Å²) < 4.78 is 149. The number of amides is 7. The first kappa shape index (κ1) is 86.0. The Bertz CT molecular complexity index is 5480. The number of aromatic nitrogens is 2. The average molecular weight is 1650 g/mol. The topological polar surface area (TPSA) is 260 Å². The van der Waals surface area contributed by atoms with Crippen LogP contribution in [0.2, 0.25) is 0 Å². The van der Waals surface area contributed by atoms with Crippen LogP contribution >= 0.6 is 0 Å². The van der Waals surface area contributed by atoms with Gasteiger partial charge in [-0.15, -0.1) is 0 Å². The van der Waals surface area contributed by atoms with Crippen LogP contribution < -0.4 is 51.4 Å². The molecule has 0 bridgehead atoms. The number of nitrogens with one attached hydrogen (secondary N) is 7. The Balaban J connectivity index is 0.000000145. The Kier molecular flexibility index (Phi) is 26.4. The Morgan fingerprint density at radius 1 is 0.576 bits per heavy atom. The van der Waals surface area contributed by atoms with Gasteiger partial charge in [0.05, 0.1) is 46.9 Å². The SMILES string of the molecule is CC1(C)C[C@@H](NC(=O)CCc2ccc(CS(C)(=O)=O)c(F)c2)c2ccc(C(F)(F)F)cc2O1.CC1(C)C[C@@H](NC(=O)Nc2cccc3c2C[C@H](O)CC3)c2ccc(F)cc2O1.Cc1cc2c(NC(=O)N[C@@H]3CC[C@H](c4ccccc4)C3)c(F)ccc2cn1.Cc1ccc2c(c1)OC(CF)(CF)C[C@H]2NC(=O)Nc1cccc2cnc(C)cc12. The summed E-state index contributed by atoms with van der Waals surface area (Å²) in [5, 5.41) is 33.4. The first-order chi connectivity index (χ1) is 56.0. The molecule has 0 unspecified atom stereocenters. The maximum Gasteiger partial charge on any atom is 0.416 e. The number of aliphatic hydroxyl groups excluding tert-OH is 1. The van der Waals surface area contributed by atoms with Crippen LogP contribution in [0.5, 0.6) is 17.2 Å². The number of carbonyl (C=O) groups is 4. The number of aliphatic hydroxyl groups is 1. The normalized spacial score (nSPS) is 19.0. The fourth-order valence-corrected chi connectivity index (χ4v) is 16.5. The Labute approximate surface area is 679 Å². The molecule has 8 aromatic carbocycles. The van der Waals surface area contributed by atoms with E-state index >= 15 is 0 Å². The molecule has 5 aliphatic rings. The predicted octanol–water partition coefficient (Wildman–Crippen LogP) is 19.2. The summed E-state index contributed by atoms with van der Waals surface area (Å²) >= 11 is 0. The van der Waals surface area contributed by atoms with Crippen molar-refractivity contribution in [3.63, 3.8) is 0 Å². The van der Waals surface area contributed by atoms with Crippen LogP contribution in [0.3, 0.4) is 0 Å². The van der Waals surface area contributed by atoms with E-state index in [0.29, 0.717) is 64.4 Å². The molecule has 10 aromatic rings. The van der Waals surface area contributed by atoms with E-state index < -0.39 is 87.2 Å². The second-order valence-corrected chi connectivity index (χ2v) is 34.3. The van der Waals surface area contributed by atoms with Crippen molar-refractivity contribution in [2.45, 2.75) is 184 Å². The summed E-state index contributed by atoms with van der Waals surface area (Å²) in [4.78, 5) is 59.1. The van der Waals surface area contributed by atoms with Crippen LogP contribution in [0.1, 0.15) is 170 Å². The highest BCUT2D eigenvalue weighted by molar-refractivity contribution is 7.89. The molecule has 0 saturated heterocycles. The molecule has 7 amide bonds. The minimum Gasteiger partial charge on any atom is -0.487 e. The quantitative estimate of drug-likeness (QED) is 0.0446. The van der Waals surface area contributed by atoms with Crippen molar-refractivity contribution >= 4 is 72.4 Å². The molecule has 15 rings (SSSR count). The summed E-state index contributed by atoms with van der Waals surface area (Å²) in [6.45, 7) is 10.9. The highest BCUT2D eigenvalue weighted by Gasteiger charge is 2.44. The second-order valence-electron chi connectivity index (χ2n) is 32.2. The molecule has 3 aliphatic heterocycles. The predicted molar refractivity (Wildman–Crippen MR) is 438 cm³/mol. The highest BCUT2D eigenvalue weighted by atomic mass is 32.2. The van der Waals surface area contributed by atoms with E-state index in [1.807, 2.05) is 101 Å². The molecule has 5 heterocycles. The Hall–Kier alpha value is -11.4. The summed E-state index contributed by atoms with van der Waals surface area (Å²) in [6.07, 6.45) is 5.72. The number of carbonyl (C=O) groups excluding carboxylic acids is 4. The molecule has 0 radical (unpaired) electrons. The second kappa shape index (κ2) is 36.2. The number of pyridine rings is 2. The van der Waals surface area contributed by atoms with Gasteiger partial charge in [0.1, 0.15) is 59.3 Å². The standard InChI is InChI=1S/C23H25F4NO4S.C23H23F2N3O2.C22H22FN3O.C22H25FN2O3/c1-22(2)12-19(17-8-7-16(23(25,26)27)11-20(17)32-22)28-21(29)9-5-14-4-6-15(18(24)10-14)13-33(3,30)31;1-14-6-7-17-20(10-23(12-24,13-25)30-21(17)8-14)28-22(29)27-19-5-3-4-16-11-26-15(2)9-18(16)19;1-14-11-19-17(13-24-14)8-10-20(23)21(19)26-22(27)25-18-9-7-16(12-18)15-5-3-2-4-6-15;1-22(2)12-19(16-9-7-14(23)10-20(16)28-22)25-21(27)24-18-5-3-4-13-6-8-15(26)11-17(13)18/h4,6-8,10-11,19H,5,9,12-13H2,1-3H3,(H,28,29);3-9,11,20H,10,12-13H2,1-2H3,(H2,27,28,29);2-6,8,10-11,13,16,18H,7,9,12H2,1H3,(H2,25,26,27);3-5,7,9-10,15,19,26H,6,8,11-12H2,1-2H3,(H2,24,25,27)/t19-;20-;16-,18+;15-,19-/m1101/s1. The van der Waals surface area contributed by atoms with E-state index in [4.69, 9.17) is 14.2 Å². The van der Waals surface area contributed by atoms with Crippen molar-refractivity contribution in [2.24, 2.45) is 0 Å². The summed E-state index contributed by atoms with van der Waals surface area (Å²) in [7, 11) is -3.38. The van der Waals surface area contributed by atoms with Crippen molar-refractivity contribution in [3.8, 4) is 17.2 Å². The number of benzene rings is 8. The van der Waals surface area contributed by atoms with Gasteiger partial charge in [-0.3, -0.25) is 14.8 Å². The van der Waals surface area contributed by atoms with E-state index in [1.165, 1.54) is 42.0 Å². The van der Waals surface area contributed by atoms with Gasteiger partial charge in [-0.25, -0.2) is 44.8 Å². The highest BCUT2D eigenvalue weighted by Crippen LogP contribution is 2.46. The fourth-order valence-electron chi connectivity index (χ4n) is 15.7. The van der Waals surface area contributed by atoms with E-state index in [-0.39, 0.29) is 78.2 Å². The van der Waals surface area contributed by atoms with Gasteiger partial charge in [0.2, 0.25) is 5.91 Å². The van der Waals surface area contributed by atoms with Crippen molar-refractivity contribution in [2.75, 3.05) is 35.6 Å². The molecular formula is C90H95F8N9O10S. The number of sulfone groups is 1. The van der Waals surface area contributed by atoms with Gasteiger partial charge >= 0.3 is 24.3 Å². The van der Waals surface area contributed by atoms with E-state index in [9.17, 15) is 67.8 Å². The zero-order valence-electron chi connectivity index (χ0n) is 66.6. The molecule has 19 nitrogen and oxygen atoms in total. The van der Waals surface area contributed by atoms with Crippen molar-refractivity contribution < 1.29 is 82.0 Å². The lowest BCUT2D eigenvalue weighted by atomic mass is 9.88. The lowest BCUT2D eigenvalue weighted by Gasteiger charge is -2.39. The number of fused-ring (bicyclic) bond motifs is 6. The maximum absolute atomic E-state index is 14.3. The zero-order valence-corrected chi connectivity index (χ0v) is 67.4. The summed E-state index contributed by atoms with van der Waals surface area (Å²) in [5.41, 5.74) is 6.33. The number of anilines is 3. The van der Waals surface area contributed by atoms with Gasteiger partial charge < -0.3 is 56.5 Å². The number of nitrogens with zero attached hydrogens (tertiary/aromatic N) is 2. The van der Waals surface area contributed by atoms with Gasteiger partial charge in [-0.2, -0.15) is 13.2 Å². The molecule has 1 saturated carbocycles. The number of alkyl halides is 5. The van der Waals surface area contributed by atoms with Crippen molar-refractivity contribution in [3.05, 3.63) is 261 Å². The number of hydrogen-bond acceptors (Lipinski definition) is 12. The molecule has 2 aliphatic carbocycles. The van der Waals surface area contributed by atoms with E-state index in [0.717, 1.165) is 106 Å². The van der Waals surface area contributed by atoms with Crippen molar-refractivity contribution in [1.82, 2.24) is 31.2 Å². The van der Waals surface area contributed by atoms with E-state index in [1.54, 1.807) is 62.6 Å². The molecule has 622 valence electrons. The van der Waals surface area contributed by atoms with Crippen LogP contribution in [-0.2, 0) is 45.8 Å². The first-order valence-electron chi connectivity index (χ1n) is 39.0.